The molecule has 0 bridgehead atoms. The molecule has 0 aromatic carbocycles. The van der Waals surface area contributed by atoms with Crippen LogP contribution in [0.15, 0.2) is 0 Å². The second kappa shape index (κ2) is 8.82. The Labute approximate surface area is 150 Å². The SMILES string of the molecule is NS(=O)(=O)C1CCN(C(=O)C(F)(F)F)CC1.NS(=O)(=O)C1CCNCC1. The summed E-state index contributed by atoms with van der Waals surface area (Å²) in [4.78, 5) is 11.4. The lowest BCUT2D eigenvalue weighted by atomic mass is 10.1. The average molecular weight is 424 g/mol. The Kier molecular flexibility index (Phi) is 7.83. The van der Waals surface area contributed by atoms with Gasteiger partial charge < -0.3 is 10.2 Å². The first-order valence-electron chi connectivity index (χ1n) is 7.83. The Balaban J connectivity index is 0.000000289. The van der Waals surface area contributed by atoms with Crippen molar-refractivity contribution in [2.75, 3.05) is 26.2 Å². The number of nitrogens with zero attached hydrogens (tertiary/aromatic N) is 1. The lowest BCUT2D eigenvalue weighted by Crippen LogP contribution is -2.48. The van der Waals surface area contributed by atoms with Crippen molar-refractivity contribution in [1.82, 2.24) is 10.2 Å². The monoisotopic (exact) mass is 424 g/mol. The van der Waals surface area contributed by atoms with Gasteiger partial charge in [0.05, 0.1) is 10.5 Å². The summed E-state index contributed by atoms with van der Waals surface area (Å²) in [6.07, 6.45) is -3.71. The number of rotatable bonds is 2. The molecule has 9 nitrogen and oxygen atoms in total. The van der Waals surface area contributed by atoms with E-state index in [1.165, 1.54) is 0 Å². The number of likely N-dealkylation sites (tertiary alicyclic amines) is 1. The Morgan fingerprint density at radius 2 is 1.27 bits per heavy atom. The molecule has 2 saturated heterocycles. The molecule has 154 valence electrons. The average Bonchev–Trinajstić information content (AvgIpc) is 2.53. The van der Waals surface area contributed by atoms with Gasteiger partial charge in [-0.15, -0.1) is 0 Å². The van der Waals surface area contributed by atoms with Crippen LogP contribution in [-0.4, -0.2) is 70.5 Å². The summed E-state index contributed by atoms with van der Waals surface area (Å²) >= 11 is 0. The van der Waals surface area contributed by atoms with Gasteiger partial charge in [-0.25, -0.2) is 27.1 Å². The number of sulfonamides is 2. The van der Waals surface area contributed by atoms with E-state index in [1.807, 2.05) is 0 Å². The number of hydrogen-bond donors (Lipinski definition) is 3. The zero-order valence-electron chi connectivity index (χ0n) is 13.9. The molecule has 0 aromatic rings. The number of carbonyl (C=O) groups excluding carboxylic acids is 1. The summed E-state index contributed by atoms with van der Waals surface area (Å²) in [5, 5.41) is 11.7. The van der Waals surface area contributed by atoms with Crippen LogP contribution in [0, 0.1) is 0 Å². The van der Waals surface area contributed by atoms with E-state index in [9.17, 15) is 34.8 Å². The second-order valence-electron chi connectivity index (χ2n) is 6.12. The zero-order chi connectivity index (χ0) is 20.2. The highest BCUT2D eigenvalue weighted by Gasteiger charge is 2.44. The van der Waals surface area contributed by atoms with Crippen LogP contribution in [0.2, 0.25) is 0 Å². The molecule has 0 spiro atoms. The molecule has 0 unspecified atom stereocenters. The van der Waals surface area contributed by atoms with Crippen LogP contribution >= 0.6 is 0 Å². The normalized spacial score (nSPS) is 21.0. The van der Waals surface area contributed by atoms with E-state index in [-0.39, 0.29) is 31.2 Å². The smallest absolute Gasteiger partial charge is 0.335 e. The Morgan fingerprint density at radius 3 is 1.58 bits per heavy atom. The van der Waals surface area contributed by atoms with Crippen LogP contribution in [0.1, 0.15) is 25.7 Å². The van der Waals surface area contributed by atoms with Gasteiger partial charge in [-0.2, -0.15) is 13.2 Å². The van der Waals surface area contributed by atoms with Crippen molar-refractivity contribution in [3.8, 4) is 0 Å². The van der Waals surface area contributed by atoms with Crippen LogP contribution in [0.3, 0.4) is 0 Å². The van der Waals surface area contributed by atoms with Crippen molar-refractivity contribution in [2.24, 2.45) is 10.3 Å². The molecule has 2 heterocycles. The number of primary sulfonamides is 2. The third-order valence-electron chi connectivity index (χ3n) is 4.19. The van der Waals surface area contributed by atoms with Crippen LogP contribution in [0.5, 0.6) is 0 Å². The van der Waals surface area contributed by atoms with Crippen molar-refractivity contribution < 1.29 is 34.8 Å². The van der Waals surface area contributed by atoms with Gasteiger partial charge in [0.15, 0.2) is 0 Å². The molecule has 5 N–H and O–H groups in total. The predicted molar refractivity (Wildman–Crippen MR) is 87.8 cm³/mol. The fourth-order valence-corrected chi connectivity index (χ4v) is 4.45. The summed E-state index contributed by atoms with van der Waals surface area (Å²) in [5.74, 6) is -1.93. The summed E-state index contributed by atoms with van der Waals surface area (Å²) in [5.41, 5.74) is 0. The molecule has 0 atom stereocenters. The first-order valence-corrected chi connectivity index (χ1v) is 11.0. The van der Waals surface area contributed by atoms with Crippen molar-refractivity contribution in [3.05, 3.63) is 0 Å². The maximum Gasteiger partial charge on any atom is 0.471 e. The maximum absolute atomic E-state index is 12.0. The standard InChI is InChI=1S/C7H11F3N2O3S.C5H12N2O2S/c8-7(9,10)6(13)12-3-1-5(2-4-12)16(11,14)15;6-10(8,9)5-1-3-7-4-2-5/h5H,1-4H2,(H2,11,14,15);5,7H,1-4H2,(H2,6,8,9). The van der Waals surface area contributed by atoms with Gasteiger partial charge in [-0.3, -0.25) is 4.79 Å². The van der Waals surface area contributed by atoms with Gasteiger partial charge in [-0.1, -0.05) is 0 Å². The Bertz CT molecular complexity index is 682. The van der Waals surface area contributed by atoms with E-state index >= 15 is 0 Å². The van der Waals surface area contributed by atoms with Crippen LogP contribution in [-0.2, 0) is 24.8 Å². The van der Waals surface area contributed by atoms with E-state index in [0.29, 0.717) is 17.7 Å². The molecule has 2 rings (SSSR count). The fraction of sp³-hybridized carbons (Fsp3) is 0.917. The molecule has 14 heteroatoms. The van der Waals surface area contributed by atoms with E-state index < -0.39 is 37.4 Å². The first-order chi connectivity index (χ1) is 11.7. The molecule has 2 aliphatic heterocycles. The summed E-state index contributed by atoms with van der Waals surface area (Å²) in [6, 6.07) is 0. The van der Waals surface area contributed by atoms with Gasteiger partial charge in [0.2, 0.25) is 20.0 Å². The van der Waals surface area contributed by atoms with Gasteiger partial charge in [0.1, 0.15) is 0 Å². The highest BCUT2D eigenvalue weighted by Crippen LogP contribution is 2.23. The Morgan fingerprint density at radius 1 is 0.885 bits per heavy atom. The lowest BCUT2D eigenvalue weighted by molar-refractivity contribution is -0.186. The third-order valence-corrected chi connectivity index (χ3v) is 6.99. The minimum Gasteiger partial charge on any atom is -0.335 e. The summed E-state index contributed by atoms with van der Waals surface area (Å²) in [6.45, 7) is 1.06. The molecule has 0 aliphatic carbocycles. The minimum absolute atomic E-state index is 0.0549. The number of piperidine rings is 2. The number of carbonyl (C=O) groups is 1. The number of amides is 1. The van der Waals surface area contributed by atoms with E-state index in [2.05, 4.69) is 5.32 Å². The lowest BCUT2D eigenvalue weighted by Gasteiger charge is -2.31. The van der Waals surface area contributed by atoms with Crippen molar-refractivity contribution in [1.29, 1.82) is 0 Å². The quantitative estimate of drug-likeness (QED) is 0.509. The third kappa shape index (κ3) is 7.34. The molecule has 1 amide bonds. The minimum atomic E-state index is -4.91. The molecule has 0 aromatic heterocycles. The number of nitrogens with two attached hydrogens (primary N) is 2. The van der Waals surface area contributed by atoms with Crippen molar-refractivity contribution >= 4 is 26.0 Å². The van der Waals surface area contributed by atoms with Crippen LogP contribution < -0.4 is 15.6 Å². The van der Waals surface area contributed by atoms with Gasteiger partial charge in [-0.05, 0) is 38.8 Å². The molecule has 0 saturated carbocycles. The topological polar surface area (TPSA) is 153 Å². The molecular formula is C12H23F3N4O5S2. The first kappa shape index (κ1) is 23.1. The number of hydrogen-bond acceptors (Lipinski definition) is 6. The highest BCUT2D eigenvalue weighted by atomic mass is 32.2. The van der Waals surface area contributed by atoms with E-state index in [0.717, 1.165) is 13.1 Å². The summed E-state index contributed by atoms with van der Waals surface area (Å²) in [7, 11) is -7.00. The van der Waals surface area contributed by atoms with E-state index in [4.69, 9.17) is 10.3 Å². The fourth-order valence-electron chi connectivity index (χ4n) is 2.69. The molecule has 0 radical (unpaired) electrons. The largest absolute Gasteiger partial charge is 0.471 e. The number of alkyl halides is 3. The van der Waals surface area contributed by atoms with Crippen molar-refractivity contribution in [3.63, 3.8) is 0 Å². The molecule has 2 fully saturated rings. The molecule has 26 heavy (non-hydrogen) atoms. The number of nitrogens with one attached hydrogen (secondary N) is 1. The van der Waals surface area contributed by atoms with Crippen molar-refractivity contribution in [2.45, 2.75) is 42.4 Å². The van der Waals surface area contributed by atoms with Crippen LogP contribution in [0.4, 0.5) is 13.2 Å². The Hall–Kier alpha value is -0.960. The number of halogens is 3. The highest BCUT2D eigenvalue weighted by molar-refractivity contribution is 7.90. The maximum atomic E-state index is 12.0. The van der Waals surface area contributed by atoms with Gasteiger partial charge >= 0.3 is 12.1 Å². The molecule has 2 aliphatic rings. The predicted octanol–water partition coefficient (Wildman–Crippen LogP) is -1.14. The van der Waals surface area contributed by atoms with Gasteiger partial charge in [0, 0.05) is 13.1 Å². The molecular weight excluding hydrogens is 401 g/mol. The second-order valence-corrected chi connectivity index (χ2v) is 9.81. The van der Waals surface area contributed by atoms with E-state index in [1.54, 1.807) is 0 Å². The zero-order valence-corrected chi connectivity index (χ0v) is 15.5. The van der Waals surface area contributed by atoms with Crippen LogP contribution in [0.25, 0.3) is 0 Å². The summed E-state index contributed by atoms with van der Waals surface area (Å²) < 4.78 is 79.4. The van der Waals surface area contributed by atoms with Gasteiger partial charge in [0.25, 0.3) is 0 Å².